The number of anilines is 1. The highest BCUT2D eigenvalue weighted by Gasteiger charge is 2.17. The van der Waals surface area contributed by atoms with Crippen LogP contribution in [0.5, 0.6) is 0 Å². The van der Waals surface area contributed by atoms with E-state index in [0.717, 1.165) is 5.69 Å². The van der Waals surface area contributed by atoms with E-state index in [2.05, 4.69) is 15.2 Å². The van der Waals surface area contributed by atoms with E-state index in [4.69, 9.17) is 10.5 Å². The van der Waals surface area contributed by atoms with Crippen molar-refractivity contribution >= 4 is 11.9 Å². The quantitative estimate of drug-likeness (QED) is 0.821. The number of aromatic nitrogens is 5. The zero-order chi connectivity index (χ0) is 14.7. The van der Waals surface area contributed by atoms with Crippen molar-refractivity contribution in [1.82, 2.24) is 24.5 Å². The van der Waals surface area contributed by atoms with Crippen molar-refractivity contribution in [2.45, 2.75) is 44.9 Å². The van der Waals surface area contributed by atoms with Crippen LogP contribution in [0.1, 0.15) is 37.4 Å². The van der Waals surface area contributed by atoms with E-state index in [1.807, 2.05) is 16.9 Å². The number of nitrogens with two attached hydrogens (primary N) is 1. The average Bonchev–Trinajstić information content (AvgIpc) is 3.17. The van der Waals surface area contributed by atoms with E-state index in [0.29, 0.717) is 6.04 Å². The number of nitrogen functional groups attached to an aromatic ring is 1. The highest BCUT2D eigenvalue weighted by atomic mass is 16.5. The molecule has 0 amide bonds. The highest BCUT2D eigenvalue weighted by Crippen LogP contribution is 2.28. The molecule has 112 valence electrons. The first-order chi connectivity index (χ1) is 10.2. The summed E-state index contributed by atoms with van der Waals surface area (Å²) in [6, 6.07) is 2.38. The van der Waals surface area contributed by atoms with Crippen molar-refractivity contribution < 1.29 is 9.53 Å². The van der Waals surface area contributed by atoms with Crippen LogP contribution in [0.4, 0.5) is 5.95 Å². The van der Waals surface area contributed by atoms with Crippen LogP contribution in [-0.4, -0.2) is 30.5 Å². The fourth-order valence-electron chi connectivity index (χ4n) is 2.54. The van der Waals surface area contributed by atoms with E-state index >= 15 is 0 Å². The van der Waals surface area contributed by atoms with Crippen molar-refractivity contribution in [2.24, 2.45) is 0 Å². The SMILES string of the molecule is Nc1ncn(CC(=O)OCc2ccn(C3CCCC3)n2)n1. The summed E-state index contributed by atoms with van der Waals surface area (Å²) < 4.78 is 8.50. The molecule has 1 aliphatic rings. The Morgan fingerprint density at radius 2 is 2.19 bits per heavy atom. The number of ether oxygens (including phenoxy) is 1. The Bertz CT molecular complexity index is 614. The maximum Gasteiger partial charge on any atom is 0.328 e. The van der Waals surface area contributed by atoms with Crippen molar-refractivity contribution in [1.29, 1.82) is 0 Å². The second kappa shape index (κ2) is 5.94. The van der Waals surface area contributed by atoms with Gasteiger partial charge in [0.25, 0.3) is 0 Å². The first-order valence-corrected chi connectivity index (χ1v) is 7.05. The van der Waals surface area contributed by atoms with Gasteiger partial charge in [-0.05, 0) is 18.9 Å². The zero-order valence-corrected chi connectivity index (χ0v) is 11.7. The number of carbonyl (C=O) groups is 1. The van der Waals surface area contributed by atoms with Crippen LogP contribution >= 0.6 is 0 Å². The Morgan fingerprint density at radius 3 is 2.90 bits per heavy atom. The zero-order valence-electron chi connectivity index (χ0n) is 11.7. The standard InChI is InChI=1S/C13H18N6O2/c14-13-15-9-18(17-13)7-12(20)21-8-10-5-6-19(16-10)11-3-1-2-4-11/h5-6,9,11H,1-4,7-8H2,(H2,14,17). The topological polar surface area (TPSA) is 101 Å². The van der Waals surface area contributed by atoms with Crippen LogP contribution in [0.25, 0.3) is 0 Å². The van der Waals surface area contributed by atoms with Crippen molar-refractivity contribution in [2.75, 3.05) is 5.73 Å². The largest absolute Gasteiger partial charge is 0.458 e. The van der Waals surface area contributed by atoms with Crippen molar-refractivity contribution in [3.8, 4) is 0 Å². The summed E-state index contributed by atoms with van der Waals surface area (Å²) in [5, 5.41) is 8.28. The Kier molecular flexibility index (Phi) is 3.85. The normalized spacial score (nSPS) is 15.4. The molecule has 2 aromatic rings. The Labute approximate surface area is 121 Å². The van der Waals surface area contributed by atoms with E-state index in [-0.39, 0.29) is 19.1 Å². The van der Waals surface area contributed by atoms with Crippen molar-refractivity contribution in [3.05, 3.63) is 24.3 Å². The molecule has 1 fully saturated rings. The number of esters is 1. The second-order valence-corrected chi connectivity index (χ2v) is 5.19. The molecule has 3 rings (SSSR count). The number of carbonyl (C=O) groups excluding carboxylic acids is 1. The van der Waals surface area contributed by atoms with Gasteiger partial charge in [-0.2, -0.15) is 5.10 Å². The van der Waals surface area contributed by atoms with Gasteiger partial charge in [-0.15, -0.1) is 5.10 Å². The van der Waals surface area contributed by atoms with E-state index in [1.54, 1.807) is 0 Å². The summed E-state index contributed by atoms with van der Waals surface area (Å²) >= 11 is 0. The van der Waals surface area contributed by atoms with Gasteiger partial charge in [0.2, 0.25) is 5.95 Å². The van der Waals surface area contributed by atoms with E-state index in [1.165, 1.54) is 36.7 Å². The lowest BCUT2D eigenvalue weighted by molar-refractivity contribution is -0.146. The molecule has 21 heavy (non-hydrogen) atoms. The molecule has 8 nitrogen and oxygen atoms in total. The summed E-state index contributed by atoms with van der Waals surface area (Å²) in [6.07, 6.45) is 8.22. The molecule has 0 aromatic carbocycles. The fraction of sp³-hybridized carbons (Fsp3) is 0.538. The lowest BCUT2D eigenvalue weighted by Crippen LogP contribution is -2.14. The number of nitrogens with zero attached hydrogens (tertiary/aromatic N) is 5. The van der Waals surface area contributed by atoms with Crippen LogP contribution in [0.15, 0.2) is 18.6 Å². The molecule has 0 radical (unpaired) electrons. The Hall–Kier alpha value is -2.38. The predicted molar refractivity (Wildman–Crippen MR) is 74.0 cm³/mol. The molecule has 8 heteroatoms. The van der Waals surface area contributed by atoms with Crippen LogP contribution in [-0.2, 0) is 22.7 Å². The lowest BCUT2D eigenvalue weighted by atomic mass is 10.3. The summed E-state index contributed by atoms with van der Waals surface area (Å²) in [5.74, 6) is -0.256. The van der Waals surface area contributed by atoms with Gasteiger partial charge < -0.3 is 10.5 Å². The molecular formula is C13H18N6O2. The van der Waals surface area contributed by atoms with Gasteiger partial charge in [0.15, 0.2) is 0 Å². The molecule has 0 aliphatic heterocycles. The first-order valence-electron chi connectivity index (χ1n) is 7.05. The monoisotopic (exact) mass is 290 g/mol. The molecule has 2 heterocycles. The van der Waals surface area contributed by atoms with Gasteiger partial charge >= 0.3 is 5.97 Å². The van der Waals surface area contributed by atoms with Crippen LogP contribution < -0.4 is 5.73 Å². The highest BCUT2D eigenvalue weighted by molar-refractivity contribution is 5.69. The number of hydrogen-bond acceptors (Lipinski definition) is 6. The molecule has 2 N–H and O–H groups in total. The molecule has 0 spiro atoms. The summed E-state index contributed by atoms with van der Waals surface area (Å²) in [6.45, 7) is 0.163. The van der Waals surface area contributed by atoms with Crippen LogP contribution in [0.3, 0.4) is 0 Å². The van der Waals surface area contributed by atoms with Gasteiger partial charge in [0, 0.05) is 6.20 Å². The smallest absolute Gasteiger partial charge is 0.328 e. The molecule has 0 saturated heterocycles. The molecule has 1 aliphatic carbocycles. The van der Waals surface area contributed by atoms with Gasteiger partial charge in [0.1, 0.15) is 19.5 Å². The van der Waals surface area contributed by atoms with Gasteiger partial charge in [-0.3, -0.25) is 9.48 Å². The van der Waals surface area contributed by atoms with E-state index in [9.17, 15) is 4.79 Å². The number of rotatable bonds is 5. The average molecular weight is 290 g/mol. The van der Waals surface area contributed by atoms with E-state index < -0.39 is 5.97 Å². The minimum atomic E-state index is -0.393. The fourth-order valence-corrected chi connectivity index (χ4v) is 2.54. The summed E-state index contributed by atoms with van der Waals surface area (Å²) in [5.41, 5.74) is 6.13. The van der Waals surface area contributed by atoms with Gasteiger partial charge in [-0.1, -0.05) is 12.8 Å². The maximum atomic E-state index is 11.7. The third kappa shape index (κ3) is 3.39. The maximum absolute atomic E-state index is 11.7. The molecule has 0 unspecified atom stereocenters. The molecule has 2 aromatic heterocycles. The summed E-state index contributed by atoms with van der Waals surface area (Å²) in [7, 11) is 0. The van der Waals surface area contributed by atoms with Crippen LogP contribution in [0.2, 0.25) is 0 Å². The first kappa shape index (κ1) is 13.6. The lowest BCUT2D eigenvalue weighted by Gasteiger charge is -2.08. The van der Waals surface area contributed by atoms with Crippen LogP contribution in [0, 0.1) is 0 Å². The number of hydrogen-bond donors (Lipinski definition) is 1. The van der Waals surface area contributed by atoms with Crippen molar-refractivity contribution in [3.63, 3.8) is 0 Å². The third-order valence-electron chi connectivity index (χ3n) is 3.59. The minimum absolute atomic E-state index is 0.00642. The third-order valence-corrected chi connectivity index (χ3v) is 3.59. The molecular weight excluding hydrogens is 272 g/mol. The predicted octanol–water partition coefficient (Wildman–Crippen LogP) is 0.915. The van der Waals surface area contributed by atoms with Gasteiger partial charge in [0.05, 0.1) is 11.7 Å². The summed E-state index contributed by atoms with van der Waals surface area (Å²) in [4.78, 5) is 15.4. The molecule has 0 bridgehead atoms. The van der Waals surface area contributed by atoms with Gasteiger partial charge in [-0.25, -0.2) is 9.67 Å². The minimum Gasteiger partial charge on any atom is -0.458 e. The Morgan fingerprint density at radius 1 is 1.38 bits per heavy atom. The second-order valence-electron chi connectivity index (χ2n) is 5.19. The molecule has 0 atom stereocenters. The Balaban J connectivity index is 1.49. The molecule has 1 saturated carbocycles.